The van der Waals surface area contributed by atoms with E-state index in [0.717, 1.165) is 11.3 Å². The van der Waals surface area contributed by atoms with Crippen molar-refractivity contribution in [2.24, 2.45) is 16.7 Å². The Hall–Kier alpha value is 0. The normalized spacial score (nSPS) is 39.0. The van der Waals surface area contributed by atoms with E-state index in [4.69, 9.17) is 0 Å². The summed E-state index contributed by atoms with van der Waals surface area (Å²) in [7, 11) is 0. The molecule has 0 bridgehead atoms. The molecular formula is C11H20. The first-order chi connectivity index (χ1) is 5.05. The summed E-state index contributed by atoms with van der Waals surface area (Å²) >= 11 is 0. The van der Waals surface area contributed by atoms with E-state index in [-0.39, 0.29) is 0 Å². The molecule has 0 amide bonds. The molecular weight excluding hydrogens is 132 g/mol. The van der Waals surface area contributed by atoms with Gasteiger partial charge in [0.25, 0.3) is 0 Å². The largest absolute Gasteiger partial charge is 0.0596 e. The van der Waals surface area contributed by atoms with Gasteiger partial charge in [-0.2, -0.15) is 0 Å². The molecule has 2 rings (SSSR count). The fourth-order valence-corrected chi connectivity index (χ4v) is 3.19. The van der Waals surface area contributed by atoms with Crippen LogP contribution in [-0.4, -0.2) is 0 Å². The summed E-state index contributed by atoms with van der Waals surface area (Å²) in [4.78, 5) is 0. The van der Waals surface area contributed by atoms with Crippen LogP contribution in [0.5, 0.6) is 0 Å². The lowest BCUT2D eigenvalue weighted by Gasteiger charge is -2.25. The Morgan fingerprint density at radius 2 is 1.45 bits per heavy atom. The van der Waals surface area contributed by atoms with Gasteiger partial charge in [0, 0.05) is 0 Å². The highest BCUT2D eigenvalue weighted by Gasteiger charge is 2.55. The van der Waals surface area contributed by atoms with E-state index in [9.17, 15) is 0 Å². The van der Waals surface area contributed by atoms with E-state index in [1.165, 1.54) is 32.1 Å². The molecule has 0 radical (unpaired) electrons. The second-order valence-corrected chi connectivity index (χ2v) is 5.61. The van der Waals surface area contributed by atoms with Crippen LogP contribution in [0.2, 0.25) is 0 Å². The van der Waals surface area contributed by atoms with Crippen molar-refractivity contribution in [3.8, 4) is 0 Å². The highest BCUT2D eigenvalue weighted by atomic mass is 14.6. The van der Waals surface area contributed by atoms with Gasteiger partial charge in [-0.15, -0.1) is 0 Å². The molecule has 0 nitrogen and oxygen atoms in total. The standard InChI is InChI=1S/C11H20/c1-10(2)8-9(10)11(3)6-4-5-7-11/h9H,4-8H2,1-3H3. The molecule has 0 spiro atoms. The van der Waals surface area contributed by atoms with Gasteiger partial charge in [-0.05, 0) is 36.0 Å². The molecule has 0 aromatic heterocycles. The SMILES string of the molecule is CC1(C)CC1C1(C)CCCC1. The first kappa shape index (κ1) is 7.64. The quantitative estimate of drug-likeness (QED) is 0.538. The highest BCUT2D eigenvalue weighted by Crippen LogP contribution is 2.65. The molecule has 0 heterocycles. The third kappa shape index (κ3) is 1.11. The molecule has 11 heavy (non-hydrogen) atoms. The van der Waals surface area contributed by atoms with Crippen molar-refractivity contribution in [3.05, 3.63) is 0 Å². The van der Waals surface area contributed by atoms with Gasteiger partial charge in [-0.1, -0.05) is 33.6 Å². The van der Waals surface area contributed by atoms with Crippen LogP contribution in [0.15, 0.2) is 0 Å². The van der Waals surface area contributed by atoms with Gasteiger partial charge in [0.2, 0.25) is 0 Å². The minimum atomic E-state index is 0.694. The van der Waals surface area contributed by atoms with Crippen LogP contribution in [0, 0.1) is 16.7 Å². The Labute approximate surface area is 70.4 Å². The van der Waals surface area contributed by atoms with Crippen LogP contribution >= 0.6 is 0 Å². The van der Waals surface area contributed by atoms with E-state index in [1.54, 1.807) is 0 Å². The van der Waals surface area contributed by atoms with Gasteiger partial charge >= 0.3 is 0 Å². The summed E-state index contributed by atoms with van der Waals surface area (Å²) in [6.45, 7) is 7.38. The van der Waals surface area contributed by atoms with Gasteiger partial charge in [0.05, 0.1) is 0 Å². The summed E-state index contributed by atoms with van der Waals surface area (Å²) in [6, 6.07) is 0. The van der Waals surface area contributed by atoms with Crippen molar-refractivity contribution < 1.29 is 0 Å². The first-order valence-electron chi connectivity index (χ1n) is 5.05. The van der Waals surface area contributed by atoms with E-state index < -0.39 is 0 Å². The Balaban J connectivity index is 2.05. The average Bonchev–Trinajstić information content (AvgIpc) is 2.41. The van der Waals surface area contributed by atoms with Crippen molar-refractivity contribution in [2.45, 2.75) is 52.9 Å². The fourth-order valence-electron chi connectivity index (χ4n) is 3.19. The Morgan fingerprint density at radius 1 is 1.00 bits per heavy atom. The predicted octanol–water partition coefficient (Wildman–Crippen LogP) is 3.61. The predicted molar refractivity (Wildman–Crippen MR) is 48.5 cm³/mol. The molecule has 2 aliphatic rings. The van der Waals surface area contributed by atoms with E-state index in [1.807, 2.05) is 0 Å². The van der Waals surface area contributed by atoms with E-state index >= 15 is 0 Å². The molecule has 2 saturated carbocycles. The lowest BCUT2D eigenvalue weighted by atomic mass is 9.80. The second kappa shape index (κ2) is 2.02. The molecule has 0 saturated heterocycles. The molecule has 0 aromatic rings. The van der Waals surface area contributed by atoms with Crippen LogP contribution in [0.3, 0.4) is 0 Å². The maximum absolute atomic E-state index is 2.51. The molecule has 1 atom stereocenters. The van der Waals surface area contributed by atoms with Crippen molar-refractivity contribution in [3.63, 3.8) is 0 Å². The van der Waals surface area contributed by atoms with Crippen molar-refractivity contribution >= 4 is 0 Å². The maximum Gasteiger partial charge on any atom is -0.0292 e. The molecule has 0 aromatic carbocycles. The van der Waals surface area contributed by atoms with Crippen molar-refractivity contribution in [1.82, 2.24) is 0 Å². The third-order valence-corrected chi connectivity index (χ3v) is 4.10. The Kier molecular flexibility index (Phi) is 1.41. The second-order valence-electron chi connectivity index (χ2n) is 5.61. The van der Waals surface area contributed by atoms with Crippen LogP contribution in [0.4, 0.5) is 0 Å². The topological polar surface area (TPSA) is 0 Å². The minimum absolute atomic E-state index is 0.694. The van der Waals surface area contributed by atoms with Gasteiger partial charge < -0.3 is 0 Å². The molecule has 1 unspecified atom stereocenters. The Morgan fingerprint density at radius 3 is 1.82 bits per heavy atom. The zero-order chi connectivity index (χ0) is 8.11. The molecule has 64 valence electrons. The smallest absolute Gasteiger partial charge is 0.0292 e. The van der Waals surface area contributed by atoms with Crippen molar-refractivity contribution in [2.75, 3.05) is 0 Å². The molecule has 0 aliphatic heterocycles. The average molecular weight is 152 g/mol. The molecule has 0 N–H and O–H groups in total. The van der Waals surface area contributed by atoms with Crippen LogP contribution < -0.4 is 0 Å². The summed E-state index contributed by atoms with van der Waals surface area (Å²) in [5.74, 6) is 1.05. The van der Waals surface area contributed by atoms with E-state index in [0.29, 0.717) is 5.41 Å². The highest BCUT2D eigenvalue weighted by molar-refractivity contribution is 5.05. The summed E-state index contributed by atoms with van der Waals surface area (Å²) in [5.41, 5.74) is 1.43. The monoisotopic (exact) mass is 152 g/mol. The third-order valence-electron chi connectivity index (χ3n) is 4.10. The first-order valence-corrected chi connectivity index (χ1v) is 5.05. The van der Waals surface area contributed by atoms with Gasteiger partial charge in [-0.25, -0.2) is 0 Å². The van der Waals surface area contributed by atoms with Crippen molar-refractivity contribution in [1.29, 1.82) is 0 Å². The number of hydrogen-bond donors (Lipinski definition) is 0. The Bertz CT molecular complexity index is 161. The lowest BCUT2D eigenvalue weighted by Crippen LogP contribution is -2.16. The van der Waals surface area contributed by atoms with Gasteiger partial charge in [0.15, 0.2) is 0 Å². The van der Waals surface area contributed by atoms with Gasteiger partial charge in [0.1, 0.15) is 0 Å². The summed E-state index contributed by atoms with van der Waals surface area (Å²) in [5, 5.41) is 0. The zero-order valence-electron chi connectivity index (χ0n) is 8.11. The van der Waals surface area contributed by atoms with Crippen LogP contribution in [-0.2, 0) is 0 Å². The van der Waals surface area contributed by atoms with Crippen LogP contribution in [0.1, 0.15) is 52.9 Å². The van der Waals surface area contributed by atoms with E-state index in [2.05, 4.69) is 20.8 Å². The molecule has 0 heteroatoms. The number of rotatable bonds is 1. The lowest BCUT2D eigenvalue weighted by molar-refractivity contribution is 0.245. The molecule has 2 aliphatic carbocycles. The zero-order valence-corrected chi connectivity index (χ0v) is 8.11. The maximum atomic E-state index is 2.51. The summed E-state index contributed by atoms with van der Waals surface area (Å²) in [6.07, 6.45) is 7.47. The van der Waals surface area contributed by atoms with Crippen LogP contribution in [0.25, 0.3) is 0 Å². The summed E-state index contributed by atoms with van der Waals surface area (Å²) < 4.78 is 0. The molecule has 2 fully saturated rings. The fraction of sp³-hybridized carbons (Fsp3) is 1.00. The van der Waals surface area contributed by atoms with Gasteiger partial charge in [-0.3, -0.25) is 0 Å². The number of hydrogen-bond acceptors (Lipinski definition) is 0. The minimum Gasteiger partial charge on any atom is -0.0596 e.